The average Bonchev–Trinajstić information content (AvgIpc) is 2.41. The van der Waals surface area contributed by atoms with Gasteiger partial charge in [-0.3, -0.25) is 4.79 Å². The third-order valence-corrected chi connectivity index (χ3v) is 3.78. The van der Waals surface area contributed by atoms with Gasteiger partial charge >= 0.3 is 0 Å². The fourth-order valence-electron chi connectivity index (χ4n) is 2.46. The van der Waals surface area contributed by atoms with Gasteiger partial charge in [0.1, 0.15) is 5.75 Å². The minimum atomic E-state index is -0.889. The lowest BCUT2D eigenvalue weighted by Crippen LogP contribution is -2.38. The first-order valence-corrected chi connectivity index (χ1v) is 7.77. The number of hydrogen-bond acceptors (Lipinski definition) is 3. The predicted octanol–water partition coefficient (Wildman–Crippen LogP) is 3.02. The van der Waals surface area contributed by atoms with Crippen molar-refractivity contribution in [3.63, 3.8) is 0 Å². The molecule has 0 aromatic heterocycles. The molecule has 0 fully saturated rings. The molecule has 1 rings (SSSR count). The van der Waals surface area contributed by atoms with Crippen molar-refractivity contribution >= 4 is 5.91 Å². The minimum Gasteiger partial charge on any atom is -0.496 e. The van der Waals surface area contributed by atoms with E-state index < -0.39 is 5.60 Å². The van der Waals surface area contributed by atoms with E-state index in [2.05, 4.69) is 25.2 Å². The number of aliphatic hydroxyl groups is 1. The van der Waals surface area contributed by atoms with E-state index in [1.807, 2.05) is 19.1 Å². The van der Waals surface area contributed by atoms with Crippen LogP contribution in [0.3, 0.4) is 0 Å². The molecule has 0 radical (unpaired) electrons. The Hall–Kier alpha value is -1.55. The van der Waals surface area contributed by atoms with Crippen LogP contribution in [-0.2, 0) is 4.79 Å². The quantitative estimate of drug-likeness (QED) is 0.814. The van der Waals surface area contributed by atoms with Gasteiger partial charge in [-0.2, -0.15) is 0 Å². The third-order valence-electron chi connectivity index (χ3n) is 3.78. The van der Waals surface area contributed by atoms with Crippen LogP contribution in [0.2, 0.25) is 0 Å². The summed E-state index contributed by atoms with van der Waals surface area (Å²) in [5, 5.41) is 12.5. The SMILES string of the molecule is COc1ccc(C(CC(=O)NCC(C)(C)O)C(C)C)cc1C. The molecule has 1 atom stereocenters. The third kappa shape index (κ3) is 5.68. The zero-order valence-corrected chi connectivity index (χ0v) is 14.6. The van der Waals surface area contributed by atoms with Gasteiger partial charge in [0, 0.05) is 13.0 Å². The van der Waals surface area contributed by atoms with Crippen LogP contribution in [0.1, 0.15) is 51.2 Å². The summed E-state index contributed by atoms with van der Waals surface area (Å²) in [6, 6.07) is 6.07. The fraction of sp³-hybridized carbons (Fsp3) is 0.611. The van der Waals surface area contributed by atoms with Crippen LogP contribution in [0.25, 0.3) is 0 Å². The molecule has 2 N–H and O–H groups in total. The van der Waals surface area contributed by atoms with Gasteiger partial charge in [-0.15, -0.1) is 0 Å². The summed E-state index contributed by atoms with van der Waals surface area (Å²) >= 11 is 0. The predicted molar refractivity (Wildman–Crippen MR) is 89.2 cm³/mol. The smallest absolute Gasteiger partial charge is 0.220 e. The van der Waals surface area contributed by atoms with Crippen LogP contribution in [0.4, 0.5) is 0 Å². The van der Waals surface area contributed by atoms with Crippen LogP contribution in [-0.4, -0.2) is 30.3 Å². The highest BCUT2D eigenvalue weighted by Gasteiger charge is 2.21. The number of hydrogen-bond donors (Lipinski definition) is 2. The summed E-state index contributed by atoms with van der Waals surface area (Å²) in [4.78, 5) is 12.1. The lowest BCUT2D eigenvalue weighted by atomic mass is 9.85. The summed E-state index contributed by atoms with van der Waals surface area (Å²) in [5.41, 5.74) is 1.33. The Kier molecular flexibility index (Phi) is 6.42. The molecule has 1 aromatic rings. The van der Waals surface area contributed by atoms with E-state index in [-0.39, 0.29) is 18.4 Å². The Bertz CT molecular complexity index is 504. The maximum atomic E-state index is 12.1. The summed E-state index contributed by atoms with van der Waals surface area (Å²) in [6.45, 7) is 9.87. The van der Waals surface area contributed by atoms with Crippen LogP contribution in [0.5, 0.6) is 5.75 Å². The number of benzene rings is 1. The molecule has 0 aliphatic heterocycles. The van der Waals surface area contributed by atoms with Crippen molar-refractivity contribution in [2.24, 2.45) is 5.92 Å². The van der Waals surface area contributed by atoms with Gasteiger partial charge in [0.05, 0.1) is 12.7 Å². The van der Waals surface area contributed by atoms with Crippen LogP contribution in [0.15, 0.2) is 18.2 Å². The summed E-state index contributed by atoms with van der Waals surface area (Å²) in [5.74, 6) is 1.32. The summed E-state index contributed by atoms with van der Waals surface area (Å²) < 4.78 is 5.29. The standard InChI is InChI=1S/C18H29NO3/c1-12(2)15(10-17(20)19-11-18(4,5)21)14-7-8-16(22-6)13(3)9-14/h7-9,12,15,21H,10-11H2,1-6H3,(H,19,20). The number of methoxy groups -OCH3 is 1. The average molecular weight is 307 g/mol. The van der Waals surface area contributed by atoms with E-state index in [1.165, 1.54) is 0 Å². The van der Waals surface area contributed by atoms with E-state index in [1.54, 1.807) is 21.0 Å². The number of rotatable bonds is 7. The van der Waals surface area contributed by atoms with E-state index in [9.17, 15) is 9.90 Å². The van der Waals surface area contributed by atoms with Crippen molar-refractivity contribution in [1.29, 1.82) is 0 Å². The molecule has 4 nitrogen and oxygen atoms in total. The Morgan fingerprint density at radius 2 is 2.00 bits per heavy atom. The van der Waals surface area contributed by atoms with Crippen molar-refractivity contribution in [1.82, 2.24) is 5.32 Å². The first-order valence-electron chi connectivity index (χ1n) is 7.77. The molecule has 0 bridgehead atoms. The summed E-state index contributed by atoms with van der Waals surface area (Å²) in [6.07, 6.45) is 0.416. The molecule has 22 heavy (non-hydrogen) atoms. The van der Waals surface area contributed by atoms with Gasteiger partial charge in [0.15, 0.2) is 0 Å². The zero-order chi connectivity index (χ0) is 16.9. The molecule has 124 valence electrons. The molecule has 0 saturated carbocycles. The molecule has 1 aromatic carbocycles. The second kappa shape index (κ2) is 7.63. The molecule has 1 amide bonds. The Balaban J connectivity index is 2.82. The topological polar surface area (TPSA) is 58.6 Å². The molecular weight excluding hydrogens is 278 g/mol. The highest BCUT2D eigenvalue weighted by atomic mass is 16.5. The van der Waals surface area contributed by atoms with Gasteiger partial charge in [0.2, 0.25) is 5.91 Å². The number of nitrogens with one attached hydrogen (secondary N) is 1. The van der Waals surface area contributed by atoms with Crippen molar-refractivity contribution in [2.75, 3.05) is 13.7 Å². The lowest BCUT2D eigenvalue weighted by Gasteiger charge is -2.23. The number of aryl methyl sites for hydroxylation is 1. The van der Waals surface area contributed by atoms with E-state index in [4.69, 9.17) is 4.74 Å². The summed E-state index contributed by atoms with van der Waals surface area (Å²) in [7, 11) is 1.66. The number of ether oxygens (including phenoxy) is 1. The maximum absolute atomic E-state index is 12.1. The first-order chi connectivity index (χ1) is 10.1. The highest BCUT2D eigenvalue weighted by Crippen LogP contribution is 2.31. The van der Waals surface area contributed by atoms with E-state index in [0.29, 0.717) is 12.3 Å². The van der Waals surface area contributed by atoms with Gasteiger partial charge in [-0.1, -0.05) is 26.0 Å². The molecule has 4 heteroatoms. The van der Waals surface area contributed by atoms with Gasteiger partial charge in [-0.05, 0) is 49.8 Å². The van der Waals surface area contributed by atoms with Crippen LogP contribution in [0, 0.1) is 12.8 Å². The molecule has 0 spiro atoms. The highest BCUT2D eigenvalue weighted by molar-refractivity contribution is 5.77. The normalized spacial score (nSPS) is 13.1. The van der Waals surface area contributed by atoms with Gasteiger partial charge < -0.3 is 15.2 Å². The Labute approximate surface area is 133 Å². The number of amides is 1. The Morgan fingerprint density at radius 1 is 1.36 bits per heavy atom. The van der Waals surface area contributed by atoms with E-state index in [0.717, 1.165) is 16.9 Å². The molecule has 0 saturated heterocycles. The molecule has 0 aliphatic carbocycles. The zero-order valence-electron chi connectivity index (χ0n) is 14.6. The van der Waals surface area contributed by atoms with Crippen LogP contribution >= 0.6 is 0 Å². The number of carbonyl (C=O) groups excluding carboxylic acids is 1. The van der Waals surface area contributed by atoms with Gasteiger partial charge in [-0.25, -0.2) is 0 Å². The van der Waals surface area contributed by atoms with Crippen molar-refractivity contribution in [3.8, 4) is 5.75 Å². The van der Waals surface area contributed by atoms with Crippen LogP contribution < -0.4 is 10.1 Å². The number of carbonyl (C=O) groups is 1. The molecule has 0 aliphatic rings. The Morgan fingerprint density at radius 3 is 2.45 bits per heavy atom. The van der Waals surface area contributed by atoms with Crippen molar-refractivity contribution in [2.45, 2.75) is 52.6 Å². The van der Waals surface area contributed by atoms with E-state index >= 15 is 0 Å². The maximum Gasteiger partial charge on any atom is 0.220 e. The van der Waals surface area contributed by atoms with Crippen molar-refractivity contribution in [3.05, 3.63) is 29.3 Å². The first kappa shape index (κ1) is 18.5. The van der Waals surface area contributed by atoms with Gasteiger partial charge in [0.25, 0.3) is 0 Å². The largest absolute Gasteiger partial charge is 0.496 e. The fourth-order valence-corrected chi connectivity index (χ4v) is 2.46. The minimum absolute atomic E-state index is 0.0331. The second-order valence-corrected chi connectivity index (χ2v) is 6.87. The second-order valence-electron chi connectivity index (χ2n) is 6.87. The lowest BCUT2D eigenvalue weighted by molar-refractivity contribution is -0.122. The monoisotopic (exact) mass is 307 g/mol. The molecule has 0 heterocycles. The van der Waals surface area contributed by atoms with Crippen molar-refractivity contribution < 1.29 is 14.6 Å². The molecule has 1 unspecified atom stereocenters. The molecular formula is C18H29NO3.